The highest BCUT2D eigenvalue weighted by Gasteiger charge is 2.29. The number of likely N-dealkylation sites (tertiary alicyclic amines) is 1. The van der Waals surface area contributed by atoms with E-state index >= 15 is 0 Å². The molecule has 3 heterocycles. The van der Waals surface area contributed by atoms with E-state index in [-0.39, 0.29) is 5.91 Å². The Labute approximate surface area is 158 Å². The summed E-state index contributed by atoms with van der Waals surface area (Å²) in [6.45, 7) is 4.00. The van der Waals surface area contributed by atoms with Gasteiger partial charge in [0.25, 0.3) is 0 Å². The molecule has 4 rings (SSSR count). The molecule has 0 unspecified atom stereocenters. The maximum Gasteiger partial charge on any atom is 0.219 e. The maximum absolute atomic E-state index is 11.3. The van der Waals surface area contributed by atoms with Crippen LogP contribution >= 0.6 is 22.6 Å². The van der Waals surface area contributed by atoms with E-state index in [0.29, 0.717) is 11.7 Å². The minimum absolute atomic E-state index is 0.139. The van der Waals surface area contributed by atoms with Crippen LogP contribution in [0.1, 0.15) is 6.92 Å². The van der Waals surface area contributed by atoms with Crippen molar-refractivity contribution < 1.29 is 9.53 Å². The molecule has 1 N–H and O–H groups in total. The zero-order valence-electron chi connectivity index (χ0n) is 14.0. The average Bonchev–Trinajstić information content (AvgIpc) is 3.14. The van der Waals surface area contributed by atoms with Crippen molar-refractivity contribution in [3.8, 4) is 17.3 Å². The Kier molecular flexibility index (Phi) is 4.14. The number of carbonyl (C=O) groups is 1. The van der Waals surface area contributed by atoms with Crippen LogP contribution in [0.2, 0.25) is 0 Å². The van der Waals surface area contributed by atoms with Gasteiger partial charge in [0.15, 0.2) is 5.82 Å². The lowest BCUT2D eigenvalue weighted by molar-refractivity contribution is -0.135. The summed E-state index contributed by atoms with van der Waals surface area (Å²) in [5.74, 6) is 2.07. The van der Waals surface area contributed by atoms with E-state index < -0.39 is 0 Å². The lowest BCUT2D eigenvalue weighted by atomic mass is 10.0. The van der Waals surface area contributed by atoms with Crippen molar-refractivity contribution in [1.29, 1.82) is 0 Å². The molecule has 25 heavy (non-hydrogen) atoms. The summed E-state index contributed by atoms with van der Waals surface area (Å²) in [6, 6.07) is 6.11. The Bertz CT molecular complexity index is 942. The van der Waals surface area contributed by atoms with E-state index in [1.165, 1.54) is 0 Å². The van der Waals surface area contributed by atoms with Crippen molar-refractivity contribution in [3.05, 3.63) is 28.1 Å². The van der Waals surface area contributed by atoms with Gasteiger partial charge in [0.1, 0.15) is 6.33 Å². The molecule has 7 nitrogen and oxygen atoms in total. The number of aromatic amines is 1. The number of carbonyl (C=O) groups excluding carboxylic acids is 1. The third-order valence-corrected chi connectivity index (χ3v) is 5.62. The molecule has 0 atom stereocenters. The van der Waals surface area contributed by atoms with Crippen molar-refractivity contribution in [2.75, 3.05) is 20.2 Å². The van der Waals surface area contributed by atoms with Gasteiger partial charge in [-0.1, -0.05) is 0 Å². The topological polar surface area (TPSA) is 76.0 Å². The normalized spacial score (nSPS) is 14.8. The molecule has 1 fully saturated rings. The summed E-state index contributed by atoms with van der Waals surface area (Å²) < 4.78 is 8.26. The SMILES string of the molecule is COc1[nH]c2ccc(-c3ncn(CC4CN(C(C)=O)C4)n3)cc2c1I. The molecular weight excluding hydrogens is 433 g/mol. The number of aromatic nitrogens is 4. The molecule has 0 saturated carbocycles. The van der Waals surface area contributed by atoms with Crippen molar-refractivity contribution in [1.82, 2.24) is 24.6 Å². The second-order valence-electron chi connectivity index (χ2n) is 6.31. The zero-order chi connectivity index (χ0) is 17.6. The van der Waals surface area contributed by atoms with E-state index in [1.807, 2.05) is 21.7 Å². The van der Waals surface area contributed by atoms with Crippen LogP contribution < -0.4 is 4.74 Å². The molecule has 0 radical (unpaired) electrons. The Hall–Kier alpha value is -2.10. The fourth-order valence-corrected chi connectivity index (χ4v) is 3.94. The number of halogens is 1. The minimum atomic E-state index is 0.139. The van der Waals surface area contributed by atoms with E-state index in [9.17, 15) is 4.79 Å². The lowest BCUT2D eigenvalue weighted by Gasteiger charge is -2.38. The largest absolute Gasteiger partial charge is 0.482 e. The molecule has 130 valence electrons. The Morgan fingerprint density at radius 3 is 2.96 bits per heavy atom. The number of methoxy groups -OCH3 is 1. The molecule has 0 bridgehead atoms. The predicted octanol–water partition coefficient (Wildman–Crippen LogP) is 2.52. The first-order valence-electron chi connectivity index (χ1n) is 8.05. The summed E-state index contributed by atoms with van der Waals surface area (Å²) in [6.07, 6.45) is 1.76. The monoisotopic (exact) mass is 451 g/mol. The molecule has 8 heteroatoms. The maximum atomic E-state index is 11.3. The highest BCUT2D eigenvalue weighted by Crippen LogP contribution is 2.31. The van der Waals surface area contributed by atoms with Crippen molar-refractivity contribution in [3.63, 3.8) is 0 Å². The van der Waals surface area contributed by atoms with Crippen LogP contribution in [0, 0.1) is 9.49 Å². The third kappa shape index (κ3) is 2.99. The number of benzene rings is 1. The van der Waals surface area contributed by atoms with Gasteiger partial charge in [0, 0.05) is 48.9 Å². The molecular formula is C17H18IN5O2. The first-order valence-corrected chi connectivity index (χ1v) is 9.13. The van der Waals surface area contributed by atoms with Gasteiger partial charge >= 0.3 is 0 Å². The highest BCUT2D eigenvalue weighted by molar-refractivity contribution is 14.1. The van der Waals surface area contributed by atoms with E-state index in [1.54, 1.807) is 20.4 Å². The van der Waals surface area contributed by atoms with Gasteiger partial charge in [-0.2, -0.15) is 5.10 Å². The fraction of sp³-hybridized carbons (Fsp3) is 0.353. The second kappa shape index (κ2) is 6.32. The highest BCUT2D eigenvalue weighted by atomic mass is 127. The predicted molar refractivity (Wildman–Crippen MR) is 102 cm³/mol. The van der Waals surface area contributed by atoms with Crippen molar-refractivity contribution >= 4 is 39.4 Å². The Morgan fingerprint density at radius 2 is 2.24 bits per heavy atom. The summed E-state index contributed by atoms with van der Waals surface area (Å²) >= 11 is 2.28. The molecule has 1 aromatic carbocycles. The lowest BCUT2D eigenvalue weighted by Crippen LogP contribution is -2.50. The van der Waals surface area contributed by atoms with Gasteiger partial charge in [-0.25, -0.2) is 4.98 Å². The standard InChI is InChI=1S/C17H18IN5O2/c1-10(24)22-6-11(7-22)8-23-9-19-16(21-23)12-3-4-14-13(5-12)15(18)17(20-14)25-2/h3-5,9,11,20H,6-8H2,1-2H3. The van der Waals surface area contributed by atoms with E-state index in [0.717, 1.165) is 45.6 Å². The number of hydrogen-bond donors (Lipinski definition) is 1. The number of nitrogens with one attached hydrogen (secondary N) is 1. The minimum Gasteiger partial charge on any atom is -0.482 e. The van der Waals surface area contributed by atoms with Gasteiger partial charge in [-0.15, -0.1) is 0 Å². The van der Waals surface area contributed by atoms with Crippen LogP contribution in [0.15, 0.2) is 24.5 Å². The number of amides is 1. The second-order valence-corrected chi connectivity index (χ2v) is 7.39. The molecule has 1 aliphatic heterocycles. The van der Waals surface area contributed by atoms with Gasteiger partial charge in [-0.3, -0.25) is 9.48 Å². The Morgan fingerprint density at radius 1 is 1.44 bits per heavy atom. The summed E-state index contributed by atoms with van der Waals surface area (Å²) in [4.78, 5) is 20.8. The van der Waals surface area contributed by atoms with Crippen LogP contribution in [0.5, 0.6) is 5.88 Å². The van der Waals surface area contributed by atoms with Gasteiger partial charge in [0.2, 0.25) is 11.8 Å². The van der Waals surface area contributed by atoms with Crippen LogP contribution in [-0.2, 0) is 11.3 Å². The van der Waals surface area contributed by atoms with Crippen LogP contribution in [0.25, 0.3) is 22.3 Å². The van der Waals surface area contributed by atoms with E-state index in [4.69, 9.17) is 4.74 Å². The summed E-state index contributed by atoms with van der Waals surface area (Å²) in [5.41, 5.74) is 2.01. The number of H-pyrrole nitrogens is 1. The number of nitrogens with zero attached hydrogens (tertiary/aromatic N) is 4. The molecule has 1 amide bonds. The number of ether oxygens (including phenoxy) is 1. The third-order valence-electron chi connectivity index (χ3n) is 4.55. The molecule has 0 spiro atoms. The number of hydrogen-bond acceptors (Lipinski definition) is 4. The summed E-state index contributed by atoms with van der Waals surface area (Å²) in [7, 11) is 1.66. The smallest absolute Gasteiger partial charge is 0.219 e. The molecule has 1 aliphatic rings. The first-order chi connectivity index (χ1) is 12.0. The van der Waals surface area contributed by atoms with Crippen LogP contribution in [-0.4, -0.2) is 50.8 Å². The summed E-state index contributed by atoms with van der Waals surface area (Å²) in [5, 5.41) is 5.69. The average molecular weight is 451 g/mol. The van der Waals surface area contributed by atoms with Crippen LogP contribution in [0.4, 0.5) is 0 Å². The van der Waals surface area contributed by atoms with Gasteiger partial charge < -0.3 is 14.6 Å². The van der Waals surface area contributed by atoms with Crippen LogP contribution in [0.3, 0.4) is 0 Å². The van der Waals surface area contributed by atoms with Gasteiger partial charge in [-0.05, 0) is 40.8 Å². The zero-order valence-corrected chi connectivity index (χ0v) is 16.1. The van der Waals surface area contributed by atoms with Crippen molar-refractivity contribution in [2.45, 2.75) is 13.5 Å². The number of rotatable bonds is 4. The number of fused-ring (bicyclic) bond motifs is 1. The molecule has 2 aromatic heterocycles. The fourth-order valence-electron chi connectivity index (χ4n) is 3.14. The first kappa shape index (κ1) is 16.4. The van der Waals surface area contributed by atoms with Gasteiger partial charge in [0.05, 0.1) is 10.7 Å². The quantitative estimate of drug-likeness (QED) is 0.619. The molecule has 1 saturated heterocycles. The molecule has 3 aromatic rings. The van der Waals surface area contributed by atoms with E-state index in [2.05, 4.69) is 43.7 Å². The molecule has 0 aliphatic carbocycles. The Balaban J connectivity index is 1.53. The van der Waals surface area contributed by atoms with Crippen molar-refractivity contribution in [2.24, 2.45) is 5.92 Å².